The van der Waals surface area contributed by atoms with E-state index >= 15 is 0 Å². The number of hydrogen-bond donors (Lipinski definition) is 1. The summed E-state index contributed by atoms with van der Waals surface area (Å²) >= 11 is 0. The average molecular weight is 361 g/mol. The number of anilines is 1. The quantitative estimate of drug-likeness (QED) is 0.729. The van der Waals surface area contributed by atoms with Crippen molar-refractivity contribution < 1.29 is 17.3 Å². The third-order valence-electron chi connectivity index (χ3n) is 3.51. The maximum absolute atomic E-state index is 13.2. The molecule has 3 aromatic rings. The molecule has 6 nitrogen and oxygen atoms in total. The van der Waals surface area contributed by atoms with Gasteiger partial charge < -0.3 is 4.52 Å². The second kappa shape index (κ2) is 7.02. The molecule has 2 aromatic carbocycles. The first-order valence-corrected chi connectivity index (χ1v) is 9.28. The Bertz CT molecular complexity index is 969. The molecule has 8 heteroatoms. The van der Waals surface area contributed by atoms with Gasteiger partial charge in [-0.2, -0.15) is 4.98 Å². The van der Waals surface area contributed by atoms with Crippen LogP contribution in [0, 0.1) is 5.82 Å². The van der Waals surface area contributed by atoms with E-state index in [1.165, 1.54) is 12.1 Å². The second-order valence-corrected chi connectivity index (χ2v) is 7.41. The molecule has 0 fully saturated rings. The van der Waals surface area contributed by atoms with Crippen LogP contribution in [0.4, 0.5) is 10.1 Å². The van der Waals surface area contributed by atoms with Crippen molar-refractivity contribution in [2.75, 3.05) is 10.5 Å². The fourth-order valence-corrected chi connectivity index (χ4v) is 2.84. The van der Waals surface area contributed by atoms with Crippen molar-refractivity contribution in [3.8, 4) is 11.4 Å². The van der Waals surface area contributed by atoms with Crippen LogP contribution in [-0.4, -0.2) is 24.3 Å². The van der Waals surface area contributed by atoms with Gasteiger partial charge in [0.05, 0.1) is 12.2 Å². The summed E-state index contributed by atoms with van der Waals surface area (Å²) in [5.41, 5.74) is 1.89. The number of sulfonamides is 1. The highest BCUT2D eigenvalue weighted by Gasteiger charge is 2.11. The van der Waals surface area contributed by atoms with Crippen LogP contribution < -0.4 is 4.72 Å². The Labute approximate surface area is 144 Å². The maximum atomic E-state index is 13.2. The van der Waals surface area contributed by atoms with Gasteiger partial charge >= 0.3 is 0 Å². The van der Waals surface area contributed by atoms with Gasteiger partial charge in [-0.15, -0.1) is 0 Å². The molecule has 0 aliphatic rings. The van der Waals surface area contributed by atoms with Gasteiger partial charge in [0, 0.05) is 11.3 Å². The van der Waals surface area contributed by atoms with Crippen molar-refractivity contribution in [2.45, 2.75) is 13.3 Å². The highest BCUT2D eigenvalue weighted by molar-refractivity contribution is 7.92. The van der Waals surface area contributed by atoms with Crippen LogP contribution in [-0.2, 0) is 16.4 Å². The monoisotopic (exact) mass is 361 g/mol. The zero-order chi connectivity index (χ0) is 17.9. The van der Waals surface area contributed by atoms with Crippen LogP contribution in [0.15, 0.2) is 53.1 Å². The molecule has 0 atom stereocenters. The van der Waals surface area contributed by atoms with Crippen LogP contribution in [0.5, 0.6) is 0 Å². The van der Waals surface area contributed by atoms with Crippen LogP contribution in [0.3, 0.4) is 0 Å². The number of rotatable bonds is 6. The first-order chi connectivity index (χ1) is 11.9. The van der Waals surface area contributed by atoms with E-state index in [1.807, 2.05) is 0 Å². The zero-order valence-corrected chi connectivity index (χ0v) is 14.3. The normalized spacial score (nSPS) is 11.4. The topological polar surface area (TPSA) is 85.1 Å². The number of hydrogen-bond acceptors (Lipinski definition) is 5. The summed E-state index contributed by atoms with van der Waals surface area (Å²) in [6, 6.07) is 12.8. The fourth-order valence-electron chi connectivity index (χ4n) is 2.20. The Balaban J connectivity index is 1.74. The molecule has 0 amide bonds. The van der Waals surface area contributed by atoms with E-state index in [4.69, 9.17) is 4.52 Å². The second-order valence-electron chi connectivity index (χ2n) is 5.40. The number of nitrogens with zero attached hydrogens (tertiary/aromatic N) is 2. The van der Waals surface area contributed by atoms with E-state index < -0.39 is 10.0 Å². The van der Waals surface area contributed by atoms with Gasteiger partial charge in [0.1, 0.15) is 5.82 Å². The minimum absolute atomic E-state index is 0.00301. The summed E-state index contributed by atoms with van der Waals surface area (Å²) in [5, 5.41) is 3.91. The Morgan fingerprint density at radius 1 is 1.16 bits per heavy atom. The Hall–Kier alpha value is -2.74. The molecule has 0 spiro atoms. The van der Waals surface area contributed by atoms with E-state index in [9.17, 15) is 12.8 Å². The molecule has 0 saturated heterocycles. The summed E-state index contributed by atoms with van der Waals surface area (Å²) in [4.78, 5) is 4.29. The molecule has 0 unspecified atom stereocenters. The molecule has 1 aromatic heterocycles. The first-order valence-electron chi connectivity index (χ1n) is 7.63. The summed E-state index contributed by atoms with van der Waals surface area (Å²) < 4.78 is 44.0. The van der Waals surface area contributed by atoms with Gasteiger partial charge in [0.25, 0.3) is 0 Å². The van der Waals surface area contributed by atoms with Gasteiger partial charge in [-0.3, -0.25) is 4.72 Å². The highest BCUT2D eigenvalue weighted by Crippen LogP contribution is 2.20. The maximum Gasteiger partial charge on any atom is 0.232 e. The number of nitrogens with one attached hydrogen (secondary N) is 1. The van der Waals surface area contributed by atoms with Crippen molar-refractivity contribution in [3.63, 3.8) is 0 Å². The summed E-state index contributed by atoms with van der Waals surface area (Å²) in [5.74, 6) is 0.443. The van der Waals surface area contributed by atoms with Crippen molar-refractivity contribution in [2.24, 2.45) is 0 Å². The van der Waals surface area contributed by atoms with Gasteiger partial charge in [0.2, 0.25) is 21.7 Å². The van der Waals surface area contributed by atoms with E-state index in [1.54, 1.807) is 43.3 Å². The molecule has 0 aliphatic heterocycles. The summed E-state index contributed by atoms with van der Waals surface area (Å²) in [7, 11) is -3.31. The number of halogens is 1. The highest BCUT2D eigenvalue weighted by atomic mass is 32.2. The minimum Gasteiger partial charge on any atom is -0.339 e. The third kappa shape index (κ3) is 4.42. The first kappa shape index (κ1) is 17.1. The standard InChI is InChI=1S/C17H16FN3O3S/c1-2-25(22,23)21-15-8-6-13(7-9-15)17-19-16(24-20-17)11-12-4-3-5-14(18)10-12/h3-10,21H,2,11H2,1H3. The smallest absolute Gasteiger partial charge is 0.232 e. The lowest BCUT2D eigenvalue weighted by molar-refractivity contribution is 0.385. The molecule has 0 bridgehead atoms. The zero-order valence-electron chi connectivity index (χ0n) is 13.4. The van der Waals surface area contributed by atoms with Gasteiger partial charge in [-0.05, 0) is 48.9 Å². The van der Waals surface area contributed by atoms with E-state index in [-0.39, 0.29) is 11.6 Å². The lowest BCUT2D eigenvalue weighted by Gasteiger charge is -2.05. The summed E-state index contributed by atoms with van der Waals surface area (Å²) in [6.07, 6.45) is 0.332. The molecule has 1 N–H and O–H groups in total. The molecular weight excluding hydrogens is 345 g/mol. The molecule has 0 radical (unpaired) electrons. The predicted molar refractivity (Wildman–Crippen MR) is 92.0 cm³/mol. The third-order valence-corrected chi connectivity index (χ3v) is 4.82. The van der Waals surface area contributed by atoms with Crippen molar-refractivity contribution in [1.29, 1.82) is 0 Å². The summed E-state index contributed by atoms with van der Waals surface area (Å²) in [6.45, 7) is 1.57. The van der Waals surface area contributed by atoms with Crippen LogP contribution in [0.25, 0.3) is 11.4 Å². The van der Waals surface area contributed by atoms with Crippen molar-refractivity contribution >= 4 is 15.7 Å². The SMILES string of the molecule is CCS(=O)(=O)Nc1ccc(-c2noc(Cc3cccc(F)c3)n2)cc1. The van der Waals surface area contributed by atoms with Crippen LogP contribution in [0.2, 0.25) is 0 Å². The van der Waals surface area contributed by atoms with Gasteiger partial charge in [0.15, 0.2) is 0 Å². The van der Waals surface area contributed by atoms with Crippen LogP contribution in [0.1, 0.15) is 18.4 Å². The minimum atomic E-state index is -3.31. The van der Waals surface area contributed by atoms with E-state index in [2.05, 4.69) is 14.9 Å². The molecule has 0 aliphatic carbocycles. The number of benzene rings is 2. The Morgan fingerprint density at radius 2 is 1.92 bits per heavy atom. The lowest BCUT2D eigenvalue weighted by Crippen LogP contribution is -2.14. The number of aromatic nitrogens is 2. The Kier molecular flexibility index (Phi) is 4.80. The molecule has 0 saturated carbocycles. The lowest BCUT2D eigenvalue weighted by atomic mass is 10.1. The van der Waals surface area contributed by atoms with Gasteiger partial charge in [-0.1, -0.05) is 17.3 Å². The molecule has 25 heavy (non-hydrogen) atoms. The van der Waals surface area contributed by atoms with E-state index in [0.717, 1.165) is 5.56 Å². The predicted octanol–water partition coefficient (Wildman–Crippen LogP) is 3.23. The molecule has 1 heterocycles. The average Bonchev–Trinajstić information content (AvgIpc) is 3.04. The van der Waals surface area contributed by atoms with Gasteiger partial charge in [-0.25, -0.2) is 12.8 Å². The van der Waals surface area contributed by atoms with Crippen molar-refractivity contribution in [3.05, 3.63) is 65.8 Å². The van der Waals surface area contributed by atoms with Crippen molar-refractivity contribution in [1.82, 2.24) is 10.1 Å². The fraction of sp³-hybridized carbons (Fsp3) is 0.176. The van der Waals surface area contributed by atoms with Crippen LogP contribution >= 0.6 is 0 Å². The van der Waals surface area contributed by atoms with E-state index in [0.29, 0.717) is 29.4 Å². The largest absolute Gasteiger partial charge is 0.339 e. The molecule has 3 rings (SSSR count). The molecular formula is C17H16FN3O3S. The Morgan fingerprint density at radius 3 is 2.60 bits per heavy atom. The molecule has 130 valence electrons.